The summed E-state index contributed by atoms with van der Waals surface area (Å²) < 4.78 is 5.31. The fraction of sp³-hybridized carbons (Fsp3) is 0.300. The highest BCUT2D eigenvalue weighted by Crippen LogP contribution is 2.17. The lowest BCUT2D eigenvalue weighted by Crippen LogP contribution is -2.54. The van der Waals surface area contributed by atoms with Crippen LogP contribution in [0.5, 0.6) is 0 Å². The fourth-order valence-electron chi connectivity index (χ4n) is 2.89. The van der Waals surface area contributed by atoms with Crippen LogP contribution in [0.1, 0.15) is 18.1 Å². The number of hydrogen-bond donors (Lipinski definition) is 1. The topological polar surface area (TPSA) is 58.6 Å². The Hall–Kier alpha value is -2.66. The SMILES string of the molecule is CCc1cccc(NC(=O)[C@@H]2COCC(=O)N2Cc2ccccc2)c1. The van der Waals surface area contributed by atoms with E-state index in [0.717, 1.165) is 23.2 Å². The average molecular weight is 338 g/mol. The molecule has 1 N–H and O–H groups in total. The molecule has 0 bridgehead atoms. The Labute approximate surface area is 147 Å². The number of ether oxygens (including phenoxy) is 1. The van der Waals surface area contributed by atoms with Crippen molar-refractivity contribution in [3.05, 3.63) is 65.7 Å². The van der Waals surface area contributed by atoms with Gasteiger partial charge < -0.3 is 15.0 Å². The van der Waals surface area contributed by atoms with Crippen molar-refractivity contribution in [2.75, 3.05) is 18.5 Å². The fourth-order valence-corrected chi connectivity index (χ4v) is 2.89. The first-order chi connectivity index (χ1) is 12.2. The van der Waals surface area contributed by atoms with Crippen LogP contribution in [0.3, 0.4) is 0 Å². The van der Waals surface area contributed by atoms with Gasteiger partial charge in [0.2, 0.25) is 11.8 Å². The van der Waals surface area contributed by atoms with Gasteiger partial charge in [-0.25, -0.2) is 0 Å². The minimum absolute atomic E-state index is 0.0158. The van der Waals surface area contributed by atoms with Gasteiger partial charge in [0.25, 0.3) is 0 Å². The lowest BCUT2D eigenvalue weighted by molar-refractivity contribution is -0.154. The van der Waals surface area contributed by atoms with Crippen molar-refractivity contribution in [2.45, 2.75) is 25.9 Å². The van der Waals surface area contributed by atoms with E-state index >= 15 is 0 Å². The van der Waals surface area contributed by atoms with Crippen molar-refractivity contribution >= 4 is 17.5 Å². The third-order valence-electron chi connectivity index (χ3n) is 4.30. The van der Waals surface area contributed by atoms with E-state index in [9.17, 15) is 9.59 Å². The molecule has 1 aliphatic rings. The van der Waals surface area contributed by atoms with Gasteiger partial charge in [0.15, 0.2) is 0 Å². The number of morpholine rings is 1. The molecule has 1 heterocycles. The number of carbonyl (C=O) groups is 2. The minimum atomic E-state index is -0.633. The van der Waals surface area contributed by atoms with E-state index in [2.05, 4.69) is 12.2 Å². The Morgan fingerprint density at radius 3 is 2.68 bits per heavy atom. The third-order valence-corrected chi connectivity index (χ3v) is 4.30. The van der Waals surface area contributed by atoms with Gasteiger partial charge in [0, 0.05) is 12.2 Å². The van der Waals surface area contributed by atoms with E-state index in [-0.39, 0.29) is 25.0 Å². The van der Waals surface area contributed by atoms with Crippen LogP contribution >= 0.6 is 0 Å². The Bertz CT molecular complexity index is 746. The first kappa shape index (κ1) is 17.2. The van der Waals surface area contributed by atoms with Crippen molar-refractivity contribution in [1.82, 2.24) is 4.90 Å². The number of carbonyl (C=O) groups excluding carboxylic acids is 2. The Balaban J connectivity index is 1.75. The summed E-state index contributed by atoms with van der Waals surface area (Å²) in [7, 11) is 0. The molecule has 0 aromatic heterocycles. The lowest BCUT2D eigenvalue weighted by atomic mass is 10.1. The standard InChI is InChI=1S/C20H22N2O3/c1-2-15-9-6-10-17(11-15)21-20(24)18-13-25-14-19(23)22(18)12-16-7-4-3-5-8-16/h3-11,18H,2,12-14H2,1H3,(H,21,24)/t18-/m0/s1. The summed E-state index contributed by atoms with van der Waals surface area (Å²) in [4.78, 5) is 26.6. The molecule has 0 unspecified atom stereocenters. The quantitative estimate of drug-likeness (QED) is 0.912. The van der Waals surface area contributed by atoms with E-state index in [4.69, 9.17) is 4.74 Å². The number of nitrogens with zero attached hydrogens (tertiary/aromatic N) is 1. The van der Waals surface area contributed by atoms with Crippen molar-refractivity contribution in [2.24, 2.45) is 0 Å². The first-order valence-corrected chi connectivity index (χ1v) is 8.48. The Morgan fingerprint density at radius 2 is 1.92 bits per heavy atom. The molecule has 1 fully saturated rings. The molecule has 2 aromatic rings. The largest absolute Gasteiger partial charge is 0.369 e. The molecule has 1 saturated heterocycles. The molecule has 1 aliphatic heterocycles. The molecule has 0 spiro atoms. The van der Waals surface area contributed by atoms with E-state index in [1.165, 1.54) is 0 Å². The predicted octanol–water partition coefficient (Wildman–Crippen LogP) is 2.62. The number of benzene rings is 2. The van der Waals surface area contributed by atoms with E-state index in [0.29, 0.717) is 6.54 Å². The molecule has 1 atom stereocenters. The number of nitrogens with one attached hydrogen (secondary N) is 1. The van der Waals surface area contributed by atoms with Gasteiger partial charge in [-0.2, -0.15) is 0 Å². The summed E-state index contributed by atoms with van der Waals surface area (Å²) in [6, 6.07) is 16.8. The van der Waals surface area contributed by atoms with Crippen LogP contribution in [0.4, 0.5) is 5.69 Å². The zero-order valence-corrected chi connectivity index (χ0v) is 14.3. The van der Waals surface area contributed by atoms with Gasteiger partial charge in [0.05, 0.1) is 6.61 Å². The van der Waals surface area contributed by atoms with Crippen LogP contribution in [-0.4, -0.2) is 36.0 Å². The number of rotatable bonds is 5. The summed E-state index contributed by atoms with van der Waals surface area (Å²) in [6.07, 6.45) is 0.898. The van der Waals surface area contributed by atoms with Gasteiger partial charge in [-0.1, -0.05) is 49.4 Å². The third kappa shape index (κ3) is 4.25. The van der Waals surface area contributed by atoms with Crippen LogP contribution in [0.2, 0.25) is 0 Å². The lowest BCUT2D eigenvalue weighted by Gasteiger charge is -2.34. The highest BCUT2D eigenvalue weighted by molar-refractivity contribution is 5.98. The van der Waals surface area contributed by atoms with E-state index < -0.39 is 6.04 Å². The van der Waals surface area contributed by atoms with Gasteiger partial charge in [-0.05, 0) is 29.7 Å². The van der Waals surface area contributed by atoms with Gasteiger partial charge >= 0.3 is 0 Å². The summed E-state index contributed by atoms with van der Waals surface area (Å²) >= 11 is 0. The molecule has 0 radical (unpaired) electrons. The van der Waals surface area contributed by atoms with Crippen molar-refractivity contribution in [3.8, 4) is 0 Å². The van der Waals surface area contributed by atoms with Crippen molar-refractivity contribution in [1.29, 1.82) is 0 Å². The van der Waals surface area contributed by atoms with Gasteiger partial charge in [-0.3, -0.25) is 9.59 Å². The maximum absolute atomic E-state index is 12.7. The van der Waals surface area contributed by atoms with Gasteiger partial charge in [-0.15, -0.1) is 0 Å². The second-order valence-corrected chi connectivity index (χ2v) is 6.08. The molecule has 5 nitrogen and oxygen atoms in total. The normalized spacial score (nSPS) is 17.4. The second-order valence-electron chi connectivity index (χ2n) is 6.08. The summed E-state index contributed by atoms with van der Waals surface area (Å²) in [5.41, 5.74) is 2.88. The molecule has 130 valence electrons. The molecule has 2 aromatic carbocycles. The zero-order chi connectivity index (χ0) is 17.6. The predicted molar refractivity (Wildman–Crippen MR) is 96.0 cm³/mol. The van der Waals surface area contributed by atoms with Crippen LogP contribution in [-0.2, 0) is 27.3 Å². The van der Waals surface area contributed by atoms with Crippen LogP contribution in [0.25, 0.3) is 0 Å². The maximum Gasteiger partial charge on any atom is 0.249 e. The van der Waals surface area contributed by atoms with Crippen LogP contribution in [0.15, 0.2) is 54.6 Å². The van der Waals surface area contributed by atoms with Crippen molar-refractivity contribution < 1.29 is 14.3 Å². The number of hydrogen-bond acceptors (Lipinski definition) is 3. The maximum atomic E-state index is 12.7. The monoisotopic (exact) mass is 338 g/mol. The molecular formula is C20H22N2O3. The van der Waals surface area contributed by atoms with Crippen LogP contribution in [0, 0.1) is 0 Å². The number of aryl methyl sites for hydroxylation is 1. The highest BCUT2D eigenvalue weighted by Gasteiger charge is 2.34. The number of amides is 2. The molecule has 3 rings (SSSR count). The number of anilines is 1. The molecule has 5 heteroatoms. The zero-order valence-electron chi connectivity index (χ0n) is 14.3. The van der Waals surface area contributed by atoms with E-state index in [1.807, 2.05) is 54.6 Å². The van der Waals surface area contributed by atoms with Crippen molar-refractivity contribution in [3.63, 3.8) is 0 Å². The first-order valence-electron chi connectivity index (χ1n) is 8.48. The molecule has 0 saturated carbocycles. The summed E-state index contributed by atoms with van der Waals surface area (Å²) in [5.74, 6) is -0.394. The average Bonchev–Trinajstić information content (AvgIpc) is 2.64. The molecular weight excluding hydrogens is 316 g/mol. The second kappa shape index (κ2) is 7.94. The Morgan fingerprint density at radius 1 is 1.16 bits per heavy atom. The summed E-state index contributed by atoms with van der Waals surface area (Å²) in [5, 5.41) is 2.91. The molecule has 25 heavy (non-hydrogen) atoms. The smallest absolute Gasteiger partial charge is 0.249 e. The minimum Gasteiger partial charge on any atom is -0.369 e. The van der Waals surface area contributed by atoms with E-state index in [1.54, 1.807) is 4.90 Å². The Kier molecular flexibility index (Phi) is 5.46. The highest BCUT2D eigenvalue weighted by atomic mass is 16.5. The molecule has 2 amide bonds. The van der Waals surface area contributed by atoms with Crippen LogP contribution < -0.4 is 5.32 Å². The summed E-state index contributed by atoms with van der Waals surface area (Å²) in [6.45, 7) is 2.69. The van der Waals surface area contributed by atoms with Gasteiger partial charge in [0.1, 0.15) is 12.6 Å². The molecule has 0 aliphatic carbocycles.